The lowest BCUT2D eigenvalue weighted by molar-refractivity contribution is 0.585. The van der Waals surface area contributed by atoms with Crippen LogP contribution in [0.2, 0.25) is 0 Å². The van der Waals surface area contributed by atoms with Gasteiger partial charge in [-0.05, 0) is 23.6 Å². The second kappa shape index (κ2) is 4.85. The van der Waals surface area contributed by atoms with Crippen LogP contribution in [0.3, 0.4) is 0 Å². The maximum absolute atomic E-state index is 13.9. The standard InChI is InChI=1S/C14H8F2N2S/c15-9-3-4-10(12(16)6-9)11-7-17-8-18-14(11)13-2-1-5-19-13/h1-8H. The molecule has 3 rings (SSSR count). The average molecular weight is 274 g/mol. The minimum atomic E-state index is -0.618. The number of nitrogens with zero attached hydrogens (tertiary/aromatic N) is 2. The maximum Gasteiger partial charge on any atom is 0.134 e. The van der Waals surface area contributed by atoms with Crippen LogP contribution in [0.4, 0.5) is 8.78 Å². The van der Waals surface area contributed by atoms with E-state index in [4.69, 9.17) is 0 Å². The van der Waals surface area contributed by atoms with E-state index in [9.17, 15) is 8.78 Å². The molecule has 0 radical (unpaired) electrons. The molecule has 2 aromatic heterocycles. The molecule has 2 nitrogen and oxygen atoms in total. The summed E-state index contributed by atoms with van der Waals surface area (Å²) in [4.78, 5) is 9.05. The Bertz CT molecular complexity index is 711. The van der Waals surface area contributed by atoms with E-state index >= 15 is 0 Å². The summed E-state index contributed by atoms with van der Waals surface area (Å²) in [5.41, 5.74) is 1.50. The average Bonchev–Trinajstić information content (AvgIpc) is 2.93. The smallest absolute Gasteiger partial charge is 0.134 e. The van der Waals surface area contributed by atoms with Gasteiger partial charge in [-0.3, -0.25) is 0 Å². The lowest BCUT2D eigenvalue weighted by Gasteiger charge is -2.07. The first-order chi connectivity index (χ1) is 9.25. The summed E-state index contributed by atoms with van der Waals surface area (Å²) in [5.74, 6) is -1.22. The van der Waals surface area contributed by atoms with Gasteiger partial charge in [0, 0.05) is 23.4 Å². The van der Waals surface area contributed by atoms with Crippen molar-refractivity contribution in [3.05, 3.63) is 59.9 Å². The molecule has 0 saturated carbocycles. The van der Waals surface area contributed by atoms with Crippen molar-refractivity contribution in [1.29, 1.82) is 0 Å². The van der Waals surface area contributed by atoms with Gasteiger partial charge in [0.2, 0.25) is 0 Å². The third-order valence-electron chi connectivity index (χ3n) is 2.69. The number of thiophene rings is 1. The Morgan fingerprint density at radius 2 is 1.95 bits per heavy atom. The lowest BCUT2D eigenvalue weighted by Crippen LogP contribution is -1.92. The zero-order chi connectivity index (χ0) is 13.2. The quantitative estimate of drug-likeness (QED) is 0.701. The van der Waals surface area contributed by atoms with Crippen molar-refractivity contribution in [2.45, 2.75) is 0 Å². The van der Waals surface area contributed by atoms with E-state index in [1.807, 2.05) is 17.5 Å². The lowest BCUT2D eigenvalue weighted by atomic mass is 10.0. The highest BCUT2D eigenvalue weighted by Gasteiger charge is 2.13. The summed E-state index contributed by atoms with van der Waals surface area (Å²) in [6, 6.07) is 7.29. The zero-order valence-electron chi connectivity index (χ0n) is 9.68. The minimum absolute atomic E-state index is 0.297. The molecule has 0 saturated heterocycles. The molecule has 0 aliphatic heterocycles. The first-order valence-electron chi connectivity index (χ1n) is 5.55. The van der Waals surface area contributed by atoms with Gasteiger partial charge in [-0.2, -0.15) is 0 Å². The normalized spacial score (nSPS) is 10.6. The van der Waals surface area contributed by atoms with Crippen LogP contribution >= 0.6 is 11.3 Å². The fraction of sp³-hybridized carbons (Fsp3) is 0. The first kappa shape index (κ1) is 11.9. The van der Waals surface area contributed by atoms with Crippen LogP contribution in [0.1, 0.15) is 0 Å². The fourth-order valence-electron chi connectivity index (χ4n) is 1.84. The molecule has 0 aliphatic rings. The number of rotatable bonds is 2. The highest BCUT2D eigenvalue weighted by atomic mass is 32.1. The molecule has 0 atom stereocenters. The zero-order valence-corrected chi connectivity index (χ0v) is 10.5. The molecule has 0 bridgehead atoms. The molecular weight excluding hydrogens is 266 g/mol. The number of halogens is 2. The summed E-state index contributed by atoms with van der Waals surface area (Å²) in [6.07, 6.45) is 2.96. The molecule has 0 aliphatic carbocycles. The summed E-state index contributed by atoms with van der Waals surface area (Å²) in [6.45, 7) is 0. The second-order valence-electron chi connectivity index (χ2n) is 3.89. The molecule has 0 fully saturated rings. The van der Waals surface area contributed by atoms with Gasteiger partial charge in [0.15, 0.2) is 0 Å². The van der Waals surface area contributed by atoms with Crippen LogP contribution in [0.5, 0.6) is 0 Å². The van der Waals surface area contributed by atoms with Gasteiger partial charge < -0.3 is 0 Å². The molecule has 94 valence electrons. The van der Waals surface area contributed by atoms with E-state index < -0.39 is 11.6 Å². The van der Waals surface area contributed by atoms with Crippen molar-refractivity contribution in [3.63, 3.8) is 0 Å². The molecule has 5 heteroatoms. The van der Waals surface area contributed by atoms with Gasteiger partial charge in [0.25, 0.3) is 0 Å². The van der Waals surface area contributed by atoms with Crippen molar-refractivity contribution in [3.8, 4) is 21.7 Å². The Balaban J connectivity index is 2.21. The topological polar surface area (TPSA) is 25.8 Å². The monoisotopic (exact) mass is 274 g/mol. The van der Waals surface area contributed by atoms with Gasteiger partial charge >= 0.3 is 0 Å². The van der Waals surface area contributed by atoms with Crippen LogP contribution in [0.25, 0.3) is 21.7 Å². The largest absolute Gasteiger partial charge is 0.244 e. The third-order valence-corrected chi connectivity index (χ3v) is 3.56. The van der Waals surface area contributed by atoms with Crippen molar-refractivity contribution in [2.24, 2.45) is 0 Å². The van der Waals surface area contributed by atoms with Crippen LogP contribution < -0.4 is 0 Å². The predicted octanol–water partition coefficient (Wildman–Crippen LogP) is 4.15. The highest BCUT2D eigenvalue weighted by Crippen LogP contribution is 2.33. The molecule has 0 spiro atoms. The Labute approximate surface area is 112 Å². The number of hydrogen-bond acceptors (Lipinski definition) is 3. The summed E-state index contributed by atoms with van der Waals surface area (Å²) in [7, 11) is 0. The van der Waals surface area contributed by atoms with Gasteiger partial charge in [0.1, 0.15) is 18.0 Å². The van der Waals surface area contributed by atoms with Crippen LogP contribution in [-0.2, 0) is 0 Å². The Morgan fingerprint density at radius 3 is 2.68 bits per heavy atom. The number of aromatic nitrogens is 2. The summed E-state index contributed by atoms with van der Waals surface area (Å²) >= 11 is 1.51. The van der Waals surface area contributed by atoms with Gasteiger partial charge in [0.05, 0.1) is 10.6 Å². The maximum atomic E-state index is 13.9. The number of hydrogen-bond donors (Lipinski definition) is 0. The Kier molecular flexibility index (Phi) is 3.05. The molecule has 2 heterocycles. The minimum Gasteiger partial charge on any atom is -0.244 e. The Morgan fingerprint density at radius 1 is 1.05 bits per heavy atom. The SMILES string of the molecule is Fc1ccc(-c2cncnc2-c2cccs2)c(F)c1. The molecular formula is C14H8F2N2S. The molecule has 19 heavy (non-hydrogen) atoms. The molecule has 3 aromatic rings. The van der Waals surface area contributed by atoms with E-state index in [2.05, 4.69) is 9.97 Å². The van der Waals surface area contributed by atoms with Crippen molar-refractivity contribution < 1.29 is 8.78 Å². The van der Waals surface area contributed by atoms with E-state index in [1.165, 1.54) is 29.8 Å². The second-order valence-corrected chi connectivity index (χ2v) is 4.83. The summed E-state index contributed by atoms with van der Waals surface area (Å²) in [5, 5.41) is 1.92. The summed E-state index contributed by atoms with van der Waals surface area (Å²) < 4.78 is 26.8. The van der Waals surface area contributed by atoms with E-state index in [1.54, 1.807) is 6.20 Å². The predicted molar refractivity (Wildman–Crippen MR) is 70.7 cm³/mol. The van der Waals surface area contributed by atoms with Crippen molar-refractivity contribution in [1.82, 2.24) is 9.97 Å². The van der Waals surface area contributed by atoms with Crippen LogP contribution in [0.15, 0.2) is 48.2 Å². The van der Waals surface area contributed by atoms with Crippen molar-refractivity contribution >= 4 is 11.3 Å². The van der Waals surface area contributed by atoms with Gasteiger partial charge in [-0.15, -0.1) is 11.3 Å². The third kappa shape index (κ3) is 2.24. The first-order valence-corrected chi connectivity index (χ1v) is 6.43. The van der Waals surface area contributed by atoms with E-state index in [-0.39, 0.29) is 0 Å². The van der Waals surface area contributed by atoms with Crippen LogP contribution in [-0.4, -0.2) is 9.97 Å². The van der Waals surface area contributed by atoms with Crippen LogP contribution in [0, 0.1) is 11.6 Å². The van der Waals surface area contributed by atoms with Gasteiger partial charge in [-0.25, -0.2) is 18.7 Å². The fourth-order valence-corrected chi connectivity index (χ4v) is 2.58. The molecule has 0 unspecified atom stereocenters. The molecule has 1 aromatic carbocycles. The van der Waals surface area contributed by atoms with Crippen molar-refractivity contribution in [2.75, 3.05) is 0 Å². The van der Waals surface area contributed by atoms with Gasteiger partial charge in [-0.1, -0.05) is 6.07 Å². The van der Waals surface area contributed by atoms with E-state index in [0.717, 1.165) is 10.9 Å². The Hall–Kier alpha value is -2.14. The molecule has 0 amide bonds. The van der Waals surface area contributed by atoms with E-state index in [0.29, 0.717) is 16.8 Å². The number of benzene rings is 1. The molecule has 0 N–H and O–H groups in total. The highest BCUT2D eigenvalue weighted by molar-refractivity contribution is 7.13.